The zero-order valence-corrected chi connectivity index (χ0v) is 20.7. The number of carbonyl (C=O) groups excluding carboxylic acids is 2. The van der Waals surface area contributed by atoms with Gasteiger partial charge in [0.05, 0.1) is 11.1 Å². The number of benzene rings is 1. The normalized spacial score (nSPS) is 33.0. The van der Waals surface area contributed by atoms with Crippen LogP contribution in [0.4, 0.5) is 0 Å². The molecule has 5 nitrogen and oxygen atoms in total. The molecule has 0 aromatic heterocycles. The van der Waals surface area contributed by atoms with Crippen molar-refractivity contribution in [1.82, 2.24) is 0 Å². The second-order valence-electron chi connectivity index (χ2n) is 12.0. The quantitative estimate of drug-likeness (QED) is 0.351. The summed E-state index contributed by atoms with van der Waals surface area (Å²) < 4.78 is 0. The van der Waals surface area contributed by atoms with Gasteiger partial charge in [-0.05, 0) is 72.0 Å². The smallest absolute Gasteiger partial charge is 0.157 e. The predicted molar refractivity (Wildman–Crippen MR) is 128 cm³/mol. The molecular formula is C28H38O5. The van der Waals surface area contributed by atoms with Gasteiger partial charge in [-0.3, -0.25) is 9.59 Å². The van der Waals surface area contributed by atoms with Crippen LogP contribution >= 0.6 is 0 Å². The highest BCUT2D eigenvalue weighted by Gasteiger charge is 2.67. The minimum absolute atomic E-state index is 0.231. The molecular weight excluding hydrogens is 416 g/mol. The van der Waals surface area contributed by atoms with Crippen LogP contribution in [0.5, 0.6) is 17.2 Å². The Morgan fingerprint density at radius 3 is 2.09 bits per heavy atom. The molecule has 0 amide bonds. The van der Waals surface area contributed by atoms with Gasteiger partial charge in [0, 0.05) is 5.56 Å². The lowest BCUT2D eigenvalue weighted by Crippen LogP contribution is -2.35. The van der Waals surface area contributed by atoms with Gasteiger partial charge in [-0.2, -0.15) is 0 Å². The van der Waals surface area contributed by atoms with E-state index >= 15 is 0 Å². The monoisotopic (exact) mass is 454 g/mol. The van der Waals surface area contributed by atoms with Crippen molar-refractivity contribution < 1.29 is 24.9 Å². The van der Waals surface area contributed by atoms with Crippen LogP contribution in [0.25, 0.3) is 0 Å². The number of aromatic hydroxyl groups is 3. The van der Waals surface area contributed by atoms with Crippen molar-refractivity contribution in [2.75, 3.05) is 0 Å². The maximum atomic E-state index is 11.8. The molecule has 33 heavy (non-hydrogen) atoms. The van der Waals surface area contributed by atoms with Crippen molar-refractivity contribution in [3.63, 3.8) is 0 Å². The molecule has 2 saturated carbocycles. The summed E-state index contributed by atoms with van der Waals surface area (Å²) in [7, 11) is 0. The van der Waals surface area contributed by atoms with E-state index in [0.29, 0.717) is 42.7 Å². The molecule has 0 radical (unpaired) electrons. The lowest BCUT2D eigenvalue weighted by atomic mass is 9.60. The Kier molecular flexibility index (Phi) is 5.70. The van der Waals surface area contributed by atoms with Gasteiger partial charge < -0.3 is 15.3 Å². The minimum atomic E-state index is -0.663. The van der Waals surface area contributed by atoms with Crippen molar-refractivity contribution in [3.05, 3.63) is 28.3 Å². The molecule has 4 rings (SSSR count). The number of rotatable bonds is 6. The Morgan fingerprint density at radius 1 is 1.00 bits per heavy atom. The fourth-order valence-corrected chi connectivity index (χ4v) is 7.57. The van der Waals surface area contributed by atoms with Crippen molar-refractivity contribution in [2.45, 2.75) is 73.1 Å². The Labute approximate surface area is 196 Å². The highest BCUT2D eigenvalue weighted by molar-refractivity contribution is 5.95. The average molecular weight is 455 g/mol. The molecule has 0 aliphatic heterocycles. The largest absolute Gasteiger partial charge is 0.507 e. The summed E-state index contributed by atoms with van der Waals surface area (Å²) in [5.41, 5.74) is 1.03. The topological polar surface area (TPSA) is 94.8 Å². The Hall–Kier alpha value is -2.30. The fraction of sp³-hybridized carbons (Fsp3) is 0.643. The van der Waals surface area contributed by atoms with E-state index < -0.39 is 17.2 Å². The Bertz CT molecular complexity index is 985. The molecule has 1 aromatic carbocycles. The lowest BCUT2D eigenvalue weighted by Gasteiger charge is -2.44. The molecule has 0 bridgehead atoms. The highest BCUT2D eigenvalue weighted by atomic mass is 16.3. The number of aldehydes is 2. The van der Waals surface area contributed by atoms with E-state index in [1.165, 1.54) is 18.4 Å². The number of fused-ring (bicyclic) bond motifs is 3. The summed E-state index contributed by atoms with van der Waals surface area (Å²) >= 11 is 0. The number of phenols is 3. The number of phenolic OH excluding ortho intramolecular Hbond substituents is 3. The van der Waals surface area contributed by atoms with E-state index in [9.17, 15) is 24.9 Å². The van der Waals surface area contributed by atoms with Gasteiger partial charge in [0.1, 0.15) is 17.2 Å². The second kappa shape index (κ2) is 7.89. The van der Waals surface area contributed by atoms with Gasteiger partial charge in [0.25, 0.3) is 0 Å². The molecule has 3 aliphatic rings. The number of hydrogen-bond donors (Lipinski definition) is 3. The SMILES string of the molecule is CC(C)C[C@H](c1c(O)c(C=O)c(O)c(C=O)c1O)[C@@]1(C)CC=C2[C@H](C)CC[C@@H]3[C@H]([C@@H]21)C3(C)C. The minimum Gasteiger partial charge on any atom is -0.507 e. The molecule has 0 spiro atoms. The summed E-state index contributed by atoms with van der Waals surface area (Å²) in [6.07, 6.45) is 7.01. The third-order valence-corrected chi connectivity index (χ3v) is 9.44. The van der Waals surface area contributed by atoms with Crippen LogP contribution in [0.2, 0.25) is 0 Å². The second-order valence-corrected chi connectivity index (χ2v) is 12.0. The highest BCUT2D eigenvalue weighted by Crippen LogP contribution is 2.74. The molecule has 6 atom stereocenters. The van der Waals surface area contributed by atoms with Gasteiger partial charge in [-0.15, -0.1) is 0 Å². The van der Waals surface area contributed by atoms with Crippen LogP contribution in [0.15, 0.2) is 11.6 Å². The molecule has 3 N–H and O–H groups in total. The summed E-state index contributed by atoms with van der Waals surface area (Å²) in [5.74, 6) is 0.510. The van der Waals surface area contributed by atoms with Crippen LogP contribution in [-0.2, 0) is 0 Å². The molecule has 0 unspecified atom stereocenters. The molecule has 3 aliphatic carbocycles. The third-order valence-electron chi connectivity index (χ3n) is 9.44. The predicted octanol–water partition coefficient (Wildman–Crippen LogP) is 6.21. The van der Waals surface area contributed by atoms with Crippen LogP contribution in [0.1, 0.15) is 99.4 Å². The van der Waals surface area contributed by atoms with E-state index in [1.807, 2.05) is 0 Å². The average Bonchev–Trinajstić information content (AvgIpc) is 3.16. The van der Waals surface area contributed by atoms with Crippen molar-refractivity contribution in [3.8, 4) is 17.2 Å². The van der Waals surface area contributed by atoms with Gasteiger partial charge >= 0.3 is 0 Å². The van der Waals surface area contributed by atoms with E-state index in [1.54, 1.807) is 0 Å². The van der Waals surface area contributed by atoms with E-state index in [0.717, 1.165) is 6.42 Å². The third kappa shape index (κ3) is 3.33. The van der Waals surface area contributed by atoms with E-state index in [-0.39, 0.29) is 39.4 Å². The molecule has 0 heterocycles. The summed E-state index contributed by atoms with van der Waals surface area (Å²) in [6, 6.07) is 0. The fourth-order valence-electron chi connectivity index (χ4n) is 7.57. The lowest BCUT2D eigenvalue weighted by molar-refractivity contribution is 0.111. The standard InChI is InChI=1S/C28H38O5/c1-14(2)11-20(21-25(32)17(12-29)24(31)18(13-30)26(21)33)28(6)10-9-16-15(3)7-8-19-23(22(16)28)27(19,4)5/h9,12-15,19-20,22-23,31-33H,7-8,10-11H2,1-6H3/t15-,19-,20-,22-,23-,28-/m1/s1. The molecule has 2 fully saturated rings. The Morgan fingerprint density at radius 2 is 1.58 bits per heavy atom. The first kappa shape index (κ1) is 23.8. The first-order valence-electron chi connectivity index (χ1n) is 12.3. The first-order valence-corrected chi connectivity index (χ1v) is 12.3. The molecule has 1 aromatic rings. The first-order chi connectivity index (χ1) is 15.4. The van der Waals surface area contributed by atoms with E-state index in [4.69, 9.17) is 0 Å². The van der Waals surface area contributed by atoms with Crippen LogP contribution in [0, 0.1) is 40.4 Å². The van der Waals surface area contributed by atoms with Gasteiger partial charge in [0.15, 0.2) is 12.6 Å². The van der Waals surface area contributed by atoms with Crippen molar-refractivity contribution >= 4 is 12.6 Å². The van der Waals surface area contributed by atoms with Crippen LogP contribution in [0.3, 0.4) is 0 Å². The number of hydrogen-bond acceptors (Lipinski definition) is 5. The van der Waals surface area contributed by atoms with Crippen molar-refractivity contribution in [1.29, 1.82) is 0 Å². The number of allylic oxidation sites excluding steroid dienone is 2. The Balaban J connectivity index is 1.93. The van der Waals surface area contributed by atoms with Crippen LogP contribution < -0.4 is 0 Å². The van der Waals surface area contributed by atoms with Gasteiger partial charge in [-0.25, -0.2) is 0 Å². The van der Waals surface area contributed by atoms with Gasteiger partial charge in [-0.1, -0.05) is 53.2 Å². The maximum Gasteiger partial charge on any atom is 0.157 e. The molecule has 180 valence electrons. The zero-order chi connectivity index (χ0) is 24.5. The summed E-state index contributed by atoms with van der Waals surface area (Å²) in [5, 5.41) is 32.6. The number of carbonyl (C=O) groups is 2. The zero-order valence-electron chi connectivity index (χ0n) is 20.7. The van der Waals surface area contributed by atoms with Crippen molar-refractivity contribution in [2.24, 2.45) is 40.4 Å². The van der Waals surface area contributed by atoms with Gasteiger partial charge in [0.2, 0.25) is 0 Å². The maximum absolute atomic E-state index is 11.8. The van der Waals surface area contributed by atoms with Crippen LogP contribution in [-0.4, -0.2) is 27.9 Å². The van der Waals surface area contributed by atoms with E-state index in [2.05, 4.69) is 47.6 Å². The summed E-state index contributed by atoms with van der Waals surface area (Å²) in [6.45, 7) is 13.5. The summed E-state index contributed by atoms with van der Waals surface area (Å²) in [4.78, 5) is 23.5. The molecule has 5 heteroatoms. The molecule has 0 saturated heterocycles.